The van der Waals surface area contributed by atoms with Crippen molar-refractivity contribution < 1.29 is 14.3 Å². The summed E-state index contributed by atoms with van der Waals surface area (Å²) in [7, 11) is 1.32. The number of nitrogens with one attached hydrogen (secondary N) is 1. The number of methoxy groups -OCH3 is 1. The Balaban J connectivity index is 2.24. The molecule has 138 valence electrons. The maximum absolute atomic E-state index is 13.0. The van der Waals surface area contributed by atoms with Crippen molar-refractivity contribution in [1.82, 2.24) is 10.3 Å². The van der Waals surface area contributed by atoms with Crippen LogP contribution in [-0.4, -0.2) is 23.8 Å². The van der Waals surface area contributed by atoms with E-state index in [0.717, 1.165) is 5.70 Å². The first-order chi connectivity index (χ1) is 12.1. The van der Waals surface area contributed by atoms with Gasteiger partial charge in [-0.2, -0.15) is 0 Å². The molecule has 5 nitrogen and oxygen atoms in total. The van der Waals surface area contributed by atoms with Crippen LogP contribution >= 0.6 is 23.2 Å². The lowest BCUT2D eigenvalue weighted by Gasteiger charge is -2.39. The second-order valence-electron chi connectivity index (χ2n) is 7.44. The molecule has 1 atom stereocenters. The fraction of sp³-hybridized carbons (Fsp3) is 0.421. The number of hydrogen-bond donors (Lipinski definition) is 1. The van der Waals surface area contributed by atoms with Gasteiger partial charge < -0.3 is 10.1 Å². The van der Waals surface area contributed by atoms with Crippen molar-refractivity contribution in [3.05, 3.63) is 50.5 Å². The number of halogens is 2. The highest BCUT2D eigenvalue weighted by Crippen LogP contribution is 2.47. The first kappa shape index (κ1) is 18.9. The molecule has 0 spiro atoms. The highest BCUT2D eigenvalue weighted by molar-refractivity contribution is 6.33. The Morgan fingerprint density at radius 3 is 2.62 bits per heavy atom. The van der Waals surface area contributed by atoms with E-state index in [4.69, 9.17) is 27.9 Å². The minimum Gasteiger partial charge on any atom is -0.466 e. The van der Waals surface area contributed by atoms with E-state index in [1.165, 1.54) is 7.11 Å². The number of aromatic nitrogens is 1. The molecule has 1 aliphatic heterocycles. The topological polar surface area (TPSA) is 68.3 Å². The number of dihydropyridines is 1. The van der Waals surface area contributed by atoms with Gasteiger partial charge in [-0.05, 0) is 24.8 Å². The SMILES string of the molecule is COC(=O)C1=C(C)NC2=C(C(=O)CC(C)(C)C2)C1c1ccc(Cl)nc1Cl. The number of Topliss-reactive ketones (excluding diaryl/α,β-unsaturated/α-hetero) is 1. The summed E-state index contributed by atoms with van der Waals surface area (Å²) in [5.74, 6) is -1.14. The van der Waals surface area contributed by atoms with E-state index in [9.17, 15) is 9.59 Å². The van der Waals surface area contributed by atoms with E-state index < -0.39 is 11.9 Å². The third-order valence-electron chi connectivity index (χ3n) is 4.80. The van der Waals surface area contributed by atoms with Crippen molar-refractivity contribution in [3.63, 3.8) is 0 Å². The standard InChI is InChI=1S/C19H20Cl2N2O3/c1-9-14(18(25)26-4)15(10-5-6-13(20)23-17(10)21)16-11(22-9)7-19(2,3)8-12(16)24/h5-6,15,22H,7-8H2,1-4H3. The number of rotatable bonds is 2. The Kier molecular flexibility index (Phi) is 4.88. The van der Waals surface area contributed by atoms with Gasteiger partial charge in [0.2, 0.25) is 0 Å². The van der Waals surface area contributed by atoms with Gasteiger partial charge in [0.05, 0.1) is 18.6 Å². The van der Waals surface area contributed by atoms with Crippen LogP contribution in [0.2, 0.25) is 10.3 Å². The van der Waals surface area contributed by atoms with Crippen molar-refractivity contribution in [2.45, 2.75) is 39.5 Å². The monoisotopic (exact) mass is 394 g/mol. The molecule has 26 heavy (non-hydrogen) atoms. The molecule has 1 N–H and O–H groups in total. The van der Waals surface area contributed by atoms with Gasteiger partial charge in [-0.25, -0.2) is 9.78 Å². The van der Waals surface area contributed by atoms with Crippen LogP contribution in [0, 0.1) is 5.41 Å². The Labute approximate surface area is 162 Å². The molecule has 1 aromatic heterocycles. The number of hydrogen-bond acceptors (Lipinski definition) is 5. The summed E-state index contributed by atoms with van der Waals surface area (Å²) >= 11 is 12.3. The first-order valence-corrected chi connectivity index (χ1v) is 9.04. The summed E-state index contributed by atoms with van der Waals surface area (Å²) in [4.78, 5) is 29.6. The Hall–Kier alpha value is -1.85. The van der Waals surface area contributed by atoms with Crippen LogP contribution in [0.4, 0.5) is 0 Å². The highest BCUT2D eigenvalue weighted by atomic mass is 35.5. The summed E-state index contributed by atoms with van der Waals surface area (Å²) in [6.07, 6.45) is 1.10. The molecule has 0 bridgehead atoms. The van der Waals surface area contributed by atoms with Gasteiger partial charge in [0.1, 0.15) is 10.3 Å². The number of carbonyl (C=O) groups excluding carboxylic acids is 2. The molecule has 3 rings (SSSR count). The van der Waals surface area contributed by atoms with E-state index in [1.807, 2.05) is 0 Å². The molecule has 1 aromatic rings. The van der Waals surface area contributed by atoms with Gasteiger partial charge in [0.15, 0.2) is 5.78 Å². The van der Waals surface area contributed by atoms with Crippen molar-refractivity contribution in [2.75, 3.05) is 7.11 Å². The van der Waals surface area contributed by atoms with Gasteiger partial charge in [-0.15, -0.1) is 0 Å². The highest BCUT2D eigenvalue weighted by Gasteiger charge is 2.43. The molecule has 0 aromatic carbocycles. The molecular formula is C19H20Cl2N2O3. The second kappa shape index (κ2) is 6.71. The zero-order chi connectivity index (χ0) is 19.2. The molecule has 1 unspecified atom stereocenters. The summed E-state index contributed by atoms with van der Waals surface area (Å²) < 4.78 is 4.97. The van der Waals surface area contributed by atoms with Crippen molar-refractivity contribution in [1.29, 1.82) is 0 Å². The predicted molar refractivity (Wildman–Crippen MR) is 99.9 cm³/mol. The van der Waals surface area contributed by atoms with Crippen LogP contribution in [0.5, 0.6) is 0 Å². The number of carbonyl (C=O) groups is 2. The smallest absolute Gasteiger partial charge is 0.336 e. The van der Waals surface area contributed by atoms with Crippen LogP contribution < -0.4 is 5.32 Å². The molecule has 0 radical (unpaired) electrons. The molecular weight excluding hydrogens is 375 g/mol. The second-order valence-corrected chi connectivity index (χ2v) is 8.18. The molecule has 2 aliphatic rings. The van der Waals surface area contributed by atoms with E-state index in [0.29, 0.717) is 35.2 Å². The number of allylic oxidation sites excluding steroid dienone is 3. The predicted octanol–water partition coefficient (Wildman–Crippen LogP) is 4.17. The number of pyridine rings is 1. The zero-order valence-electron chi connectivity index (χ0n) is 15.1. The molecule has 7 heteroatoms. The average molecular weight is 395 g/mol. The minimum absolute atomic E-state index is 0.00586. The molecule has 0 saturated heterocycles. The van der Waals surface area contributed by atoms with E-state index >= 15 is 0 Å². The molecule has 0 fully saturated rings. The lowest BCUT2D eigenvalue weighted by atomic mass is 9.69. The average Bonchev–Trinajstić information content (AvgIpc) is 2.51. The van der Waals surface area contributed by atoms with Crippen LogP contribution in [-0.2, 0) is 14.3 Å². The van der Waals surface area contributed by atoms with E-state index in [-0.39, 0.29) is 21.5 Å². The molecule has 0 saturated carbocycles. The van der Waals surface area contributed by atoms with Crippen LogP contribution in [0.15, 0.2) is 34.7 Å². The summed E-state index contributed by atoms with van der Waals surface area (Å²) in [5.41, 5.74) is 2.81. The minimum atomic E-state index is -0.625. The molecule has 2 heterocycles. The van der Waals surface area contributed by atoms with Crippen molar-refractivity contribution in [2.24, 2.45) is 5.41 Å². The van der Waals surface area contributed by atoms with Crippen molar-refractivity contribution in [3.8, 4) is 0 Å². The van der Waals surface area contributed by atoms with Crippen LogP contribution in [0.3, 0.4) is 0 Å². The van der Waals surface area contributed by atoms with Crippen LogP contribution in [0.25, 0.3) is 0 Å². The summed E-state index contributed by atoms with van der Waals surface area (Å²) in [6, 6.07) is 3.31. The fourth-order valence-corrected chi connectivity index (χ4v) is 4.22. The largest absolute Gasteiger partial charge is 0.466 e. The van der Waals surface area contributed by atoms with Crippen molar-refractivity contribution >= 4 is 35.0 Å². The Bertz CT molecular complexity index is 872. The third kappa shape index (κ3) is 3.26. The van der Waals surface area contributed by atoms with Crippen LogP contribution in [0.1, 0.15) is 45.1 Å². The Morgan fingerprint density at radius 1 is 1.31 bits per heavy atom. The molecule has 0 amide bonds. The van der Waals surface area contributed by atoms with Gasteiger partial charge in [0.25, 0.3) is 0 Å². The fourth-order valence-electron chi connectivity index (χ4n) is 3.77. The lowest BCUT2D eigenvalue weighted by Crippen LogP contribution is -2.38. The van der Waals surface area contributed by atoms with Gasteiger partial charge in [-0.3, -0.25) is 4.79 Å². The third-order valence-corrected chi connectivity index (χ3v) is 5.31. The number of nitrogens with zero attached hydrogens (tertiary/aromatic N) is 1. The Morgan fingerprint density at radius 2 is 2.00 bits per heavy atom. The maximum Gasteiger partial charge on any atom is 0.336 e. The van der Waals surface area contributed by atoms with Gasteiger partial charge >= 0.3 is 5.97 Å². The normalized spacial score (nSPS) is 22.1. The summed E-state index contributed by atoms with van der Waals surface area (Å²) in [6.45, 7) is 5.90. The van der Waals surface area contributed by atoms with Gasteiger partial charge in [0, 0.05) is 29.0 Å². The number of ketones is 1. The number of esters is 1. The van der Waals surface area contributed by atoms with E-state index in [2.05, 4.69) is 24.1 Å². The van der Waals surface area contributed by atoms with E-state index in [1.54, 1.807) is 19.1 Å². The maximum atomic E-state index is 13.0. The summed E-state index contributed by atoms with van der Waals surface area (Å²) in [5, 5.41) is 3.67. The quantitative estimate of drug-likeness (QED) is 0.602. The number of ether oxygens (including phenoxy) is 1. The zero-order valence-corrected chi connectivity index (χ0v) is 16.6. The lowest BCUT2D eigenvalue weighted by molar-refractivity contribution is -0.136. The van der Waals surface area contributed by atoms with Gasteiger partial charge in [-0.1, -0.05) is 43.1 Å². The first-order valence-electron chi connectivity index (χ1n) is 8.29. The molecule has 1 aliphatic carbocycles.